The van der Waals surface area contributed by atoms with Crippen molar-refractivity contribution < 1.29 is 5.11 Å². The molecule has 0 saturated carbocycles. The highest BCUT2D eigenvalue weighted by Gasteiger charge is 2.00. The number of aromatic nitrogens is 1. The standard InChI is InChI=1S/C10H9ClNO/c11-9-1-2-10-8(7-9)3-4-12(10)5-6-13/h1-2,4,7,13H,5-6H2. The van der Waals surface area contributed by atoms with E-state index < -0.39 is 0 Å². The molecule has 0 aliphatic rings. The fourth-order valence-electron chi connectivity index (χ4n) is 1.38. The minimum atomic E-state index is 0.139. The Kier molecular flexibility index (Phi) is 2.25. The summed E-state index contributed by atoms with van der Waals surface area (Å²) in [6.07, 6.45) is 1.83. The molecule has 13 heavy (non-hydrogen) atoms. The fraction of sp³-hybridized carbons (Fsp3) is 0.200. The summed E-state index contributed by atoms with van der Waals surface area (Å²) in [4.78, 5) is 0. The van der Waals surface area contributed by atoms with Crippen LogP contribution < -0.4 is 0 Å². The summed E-state index contributed by atoms with van der Waals surface area (Å²) in [5.74, 6) is 0. The van der Waals surface area contributed by atoms with E-state index in [-0.39, 0.29) is 6.61 Å². The second kappa shape index (κ2) is 3.40. The van der Waals surface area contributed by atoms with Crippen LogP contribution in [0.1, 0.15) is 0 Å². The van der Waals surface area contributed by atoms with E-state index in [2.05, 4.69) is 6.07 Å². The van der Waals surface area contributed by atoms with Gasteiger partial charge in [0.05, 0.1) is 6.61 Å². The van der Waals surface area contributed by atoms with Crippen LogP contribution in [0.15, 0.2) is 24.4 Å². The SMILES string of the molecule is OCCn1c[c]c2cc(Cl)ccc21. The molecule has 0 aliphatic heterocycles. The van der Waals surface area contributed by atoms with Crippen LogP contribution in [0.5, 0.6) is 0 Å². The van der Waals surface area contributed by atoms with Crippen LogP contribution in [-0.2, 0) is 6.54 Å². The lowest BCUT2D eigenvalue weighted by Gasteiger charge is -2.01. The maximum Gasteiger partial charge on any atom is 0.0610 e. The molecule has 2 rings (SSSR count). The maximum absolute atomic E-state index is 8.79. The second-order valence-electron chi connectivity index (χ2n) is 2.85. The largest absolute Gasteiger partial charge is 0.395 e. The van der Waals surface area contributed by atoms with Gasteiger partial charge in [0.2, 0.25) is 0 Å². The van der Waals surface area contributed by atoms with Gasteiger partial charge in [0, 0.05) is 34.7 Å². The third kappa shape index (κ3) is 1.55. The van der Waals surface area contributed by atoms with Gasteiger partial charge in [-0.1, -0.05) is 11.6 Å². The van der Waals surface area contributed by atoms with Crippen LogP contribution in [0.25, 0.3) is 10.9 Å². The summed E-state index contributed by atoms with van der Waals surface area (Å²) in [6.45, 7) is 0.738. The number of nitrogens with zero attached hydrogens (tertiary/aromatic N) is 1. The fourth-order valence-corrected chi connectivity index (χ4v) is 1.56. The smallest absolute Gasteiger partial charge is 0.0610 e. The first-order chi connectivity index (χ1) is 6.31. The summed E-state index contributed by atoms with van der Waals surface area (Å²) in [5, 5.41) is 10.5. The van der Waals surface area contributed by atoms with Gasteiger partial charge < -0.3 is 9.67 Å². The first-order valence-electron chi connectivity index (χ1n) is 4.08. The van der Waals surface area contributed by atoms with Gasteiger partial charge in [0.15, 0.2) is 0 Å². The molecular formula is C10H9ClNO. The summed E-state index contributed by atoms with van der Waals surface area (Å²) < 4.78 is 1.95. The summed E-state index contributed by atoms with van der Waals surface area (Å²) in [6, 6.07) is 8.72. The highest BCUT2D eigenvalue weighted by molar-refractivity contribution is 6.31. The van der Waals surface area contributed by atoms with Crippen molar-refractivity contribution in [2.24, 2.45) is 0 Å². The minimum Gasteiger partial charge on any atom is -0.395 e. The zero-order valence-corrected chi connectivity index (χ0v) is 7.75. The van der Waals surface area contributed by atoms with Gasteiger partial charge in [-0.2, -0.15) is 0 Å². The van der Waals surface area contributed by atoms with Crippen molar-refractivity contribution in [2.45, 2.75) is 6.54 Å². The Labute approximate surface area is 81.4 Å². The van der Waals surface area contributed by atoms with E-state index in [1.165, 1.54) is 0 Å². The Morgan fingerprint density at radius 2 is 2.31 bits per heavy atom. The lowest BCUT2D eigenvalue weighted by molar-refractivity contribution is 0.278. The van der Waals surface area contributed by atoms with Crippen LogP contribution in [0, 0.1) is 6.07 Å². The molecule has 0 aliphatic carbocycles. The highest BCUT2D eigenvalue weighted by atomic mass is 35.5. The lowest BCUT2D eigenvalue weighted by atomic mass is 10.2. The Morgan fingerprint density at radius 3 is 3.08 bits per heavy atom. The Balaban J connectivity index is 2.55. The van der Waals surface area contributed by atoms with Crippen molar-refractivity contribution in [3.05, 3.63) is 35.5 Å². The molecule has 1 radical (unpaired) electrons. The van der Waals surface area contributed by atoms with Crippen LogP contribution in [-0.4, -0.2) is 16.3 Å². The summed E-state index contributed by atoms with van der Waals surface area (Å²) in [5.41, 5.74) is 1.05. The third-order valence-corrected chi connectivity index (χ3v) is 2.22. The third-order valence-electron chi connectivity index (χ3n) is 1.98. The first kappa shape index (κ1) is 8.60. The molecule has 1 aromatic heterocycles. The van der Waals surface area contributed by atoms with Crippen molar-refractivity contribution in [3.8, 4) is 0 Å². The van der Waals surface area contributed by atoms with Crippen molar-refractivity contribution in [1.82, 2.24) is 4.57 Å². The zero-order valence-electron chi connectivity index (χ0n) is 7.00. The van der Waals surface area contributed by atoms with E-state index >= 15 is 0 Å². The lowest BCUT2D eigenvalue weighted by Crippen LogP contribution is -1.99. The normalized spacial score (nSPS) is 10.9. The number of rotatable bonds is 2. The molecule has 1 N–H and O–H groups in total. The minimum absolute atomic E-state index is 0.139. The quantitative estimate of drug-likeness (QED) is 0.778. The van der Waals surface area contributed by atoms with Gasteiger partial charge in [0.1, 0.15) is 0 Å². The van der Waals surface area contributed by atoms with Crippen LogP contribution in [0.4, 0.5) is 0 Å². The summed E-state index contributed by atoms with van der Waals surface area (Å²) in [7, 11) is 0. The van der Waals surface area contributed by atoms with Crippen molar-refractivity contribution >= 4 is 22.5 Å². The zero-order chi connectivity index (χ0) is 9.26. The molecule has 0 spiro atoms. The van der Waals surface area contributed by atoms with E-state index in [0.717, 1.165) is 10.9 Å². The number of hydrogen-bond acceptors (Lipinski definition) is 1. The molecule has 1 aromatic carbocycles. The average Bonchev–Trinajstić information content (AvgIpc) is 2.49. The van der Waals surface area contributed by atoms with E-state index in [1.807, 2.05) is 29.0 Å². The molecule has 0 amide bonds. The van der Waals surface area contributed by atoms with Gasteiger partial charge in [0.25, 0.3) is 0 Å². The average molecular weight is 195 g/mol. The van der Waals surface area contributed by atoms with Crippen molar-refractivity contribution in [3.63, 3.8) is 0 Å². The van der Waals surface area contributed by atoms with E-state index in [4.69, 9.17) is 16.7 Å². The van der Waals surface area contributed by atoms with Gasteiger partial charge in [-0.3, -0.25) is 0 Å². The van der Waals surface area contributed by atoms with Gasteiger partial charge in [-0.05, 0) is 18.2 Å². The molecule has 2 aromatic rings. The number of hydrogen-bond donors (Lipinski definition) is 1. The molecule has 0 bridgehead atoms. The molecule has 0 atom stereocenters. The van der Waals surface area contributed by atoms with Crippen molar-refractivity contribution in [1.29, 1.82) is 0 Å². The number of fused-ring (bicyclic) bond motifs is 1. The molecule has 2 nitrogen and oxygen atoms in total. The topological polar surface area (TPSA) is 25.2 Å². The van der Waals surface area contributed by atoms with Gasteiger partial charge >= 0.3 is 0 Å². The second-order valence-corrected chi connectivity index (χ2v) is 3.29. The molecule has 67 valence electrons. The van der Waals surface area contributed by atoms with Crippen LogP contribution in [0.3, 0.4) is 0 Å². The molecule has 0 unspecified atom stereocenters. The number of benzene rings is 1. The Morgan fingerprint density at radius 1 is 1.46 bits per heavy atom. The maximum atomic E-state index is 8.79. The first-order valence-corrected chi connectivity index (χ1v) is 4.46. The Hall–Kier alpha value is -0.990. The monoisotopic (exact) mass is 194 g/mol. The van der Waals surface area contributed by atoms with Crippen molar-refractivity contribution in [2.75, 3.05) is 6.61 Å². The van der Waals surface area contributed by atoms with Crippen LogP contribution in [0.2, 0.25) is 5.02 Å². The van der Waals surface area contributed by atoms with Crippen LogP contribution >= 0.6 is 11.6 Å². The van der Waals surface area contributed by atoms with Gasteiger partial charge in [-0.25, -0.2) is 0 Å². The molecule has 1 heterocycles. The van der Waals surface area contributed by atoms with E-state index in [9.17, 15) is 0 Å². The number of aliphatic hydroxyl groups excluding tert-OH is 1. The van der Waals surface area contributed by atoms with E-state index in [0.29, 0.717) is 11.6 Å². The number of halogens is 1. The Bertz CT molecular complexity index is 422. The van der Waals surface area contributed by atoms with E-state index in [1.54, 1.807) is 0 Å². The number of aliphatic hydroxyl groups is 1. The molecule has 0 saturated heterocycles. The van der Waals surface area contributed by atoms with Gasteiger partial charge in [-0.15, -0.1) is 0 Å². The summed E-state index contributed by atoms with van der Waals surface area (Å²) >= 11 is 5.83. The molecular weight excluding hydrogens is 186 g/mol. The predicted molar refractivity (Wildman–Crippen MR) is 52.9 cm³/mol. The molecule has 3 heteroatoms. The predicted octanol–water partition coefficient (Wildman–Crippen LogP) is 2.09. The molecule has 0 fully saturated rings. The highest BCUT2D eigenvalue weighted by Crippen LogP contribution is 2.19.